The van der Waals surface area contributed by atoms with Crippen molar-refractivity contribution in [3.63, 3.8) is 0 Å². The predicted octanol–water partition coefficient (Wildman–Crippen LogP) is 5.77. The first-order valence-corrected chi connectivity index (χ1v) is 12.1. The van der Waals surface area contributed by atoms with Gasteiger partial charge in [-0.05, 0) is 46.8 Å². The predicted molar refractivity (Wildman–Crippen MR) is 106 cm³/mol. The topological polar surface area (TPSA) is 35.5 Å². The molecule has 1 aromatic rings. The van der Waals surface area contributed by atoms with E-state index in [-0.39, 0.29) is 11.8 Å². The number of ether oxygens (including phenoxy) is 1. The molecule has 1 rings (SSSR count). The Kier molecular flexibility index (Phi) is 9.15. The van der Waals surface area contributed by atoms with Gasteiger partial charge in [0, 0.05) is 0 Å². The summed E-state index contributed by atoms with van der Waals surface area (Å²) in [6.45, 7) is 8.50. The summed E-state index contributed by atoms with van der Waals surface area (Å²) in [5.41, 5.74) is 1.25. The molecule has 0 aliphatic rings. The van der Waals surface area contributed by atoms with E-state index in [1.807, 2.05) is 22.6 Å². The summed E-state index contributed by atoms with van der Waals surface area (Å²) >= 11 is 2.04. The molecule has 0 heterocycles. The summed E-state index contributed by atoms with van der Waals surface area (Å²) in [6, 6.07) is 9.06. The van der Waals surface area contributed by atoms with Gasteiger partial charge in [0.2, 0.25) is 0 Å². The first kappa shape index (κ1) is 21.3. The normalized spacial score (nSPS) is 13.7. The molecule has 0 N–H and O–H groups in total. The van der Waals surface area contributed by atoms with E-state index in [4.69, 9.17) is 9.16 Å². The van der Waals surface area contributed by atoms with E-state index in [1.165, 1.54) is 12.1 Å². The Bertz CT molecular complexity index is 548. The summed E-state index contributed by atoms with van der Waals surface area (Å²) in [6.07, 6.45) is -0.520. The van der Waals surface area contributed by atoms with E-state index in [9.17, 15) is 9.18 Å². The molecule has 1 atom stereocenters. The number of hydrogen-bond donors (Lipinski definition) is 0. The molecule has 0 radical (unpaired) electrons. The lowest BCUT2D eigenvalue weighted by Crippen LogP contribution is -2.38. The fourth-order valence-corrected chi connectivity index (χ4v) is 5.97. The second-order valence-corrected chi connectivity index (χ2v) is 10.9. The molecule has 0 aliphatic carbocycles. The van der Waals surface area contributed by atoms with Gasteiger partial charge in [-0.3, -0.25) is 0 Å². The van der Waals surface area contributed by atoms with Gasteiger partial charge in [0.05, 0.1) is 12.2 Å². The molecule has 0 spiro atoms. The highest BCUT2D eigenvalue weighted by molar-refractivity contribution is 14.1. The third kappa shape index (κ3) is 5.39. The SMILES string of the molecule is CCOC(=O)/C(=C/I)C(O[Si](CC)(CC)CC)c1ccc(F)cc1. The van der Waals surface area contributed by atoms with E-state index in [0.29, 0.717) is 12.2 Å². The Labute approximate surface area is 158 Å². The Hall–Kier alpha value is -0.733. The minimum absolute atomic E-state index is 0.306. The number of esters is 1. The number of carbonyl (C=O) groups is 1. The highest BCUT2D eigenvalue weighted by atomic mass is 127. The maximum Gasteiger partial charge on any atom is 0.337 e. The molecular weight excluding hydrogens is 438 g/mol. The zero-order valence-electron chi connectivity index (χ0n) is 14.8. The minimum Gasteiger partial charge on any atom is -0.463 e. The van der Waals surface area contributed by atoms with Crippen molar-refractivity contribution < 1.29 is 18.3 Å². The zero-order chi connectivity index (χ0) is 18.2. The standard InChI is InChI=1S/C18H26FIO3Si/c1-5-22-18(21)16(13-20)17(14-9-11-15(19)12-10-14)23-24(6-2,7-3)8-4/h9-13,17H,5-8H2,1-4H3/b16-13+. The van der Waals surface area contributed by atoms with Crippen LogP contribution in [0.5, 0.6) is 0 Å². The Morgan fingerprint density at radius 1 is 1.17 bits per heavy atom. The van der Waals surface area contributed by atoms with Gasteiger partial charge in [-0.2, -0.15) is 0 Å². The summed E-state index contributed by atoms with van der Waals surface area (Å²) in [5.74, 6) is -0.689. The summed E-state index contributed by atoms with van der Waals surface area (Å²) in [5, 5.41) is 0. The van der Waals surface area contributed by atoms with Crippen LogP contribution >= 0.6 is 22.6 Å². The van der Waals surface area contributed by atoms with Crippen molar-refractivity contribution in [2.24, 2.45) is 0 Å². The van der Waals surface area contributed by atoms with Crippen LogP contribution in [-0.2, 0) is 14.0 Å². The van der Waals surface area contributed by atoms with E-state index in [1.54, 1.807) is 23.1 Å². The molecule has 0 saturated carbocycles. The summed E-state index contributed by atoms with van der Waals surface area (Å²) in [4.78, 5) is 12.4. The molecule has 0 saturated heterocycles. The summed E-state index contributed by atoms with van der Waals surface area (Å²) < 4.78 is 26.8. The highest BCUT2D eigenvalue weighted by Gasteiger charge is 2.36. The van der Waals surface area contributed by atoms with Gasteiger partial charge in [0.25, 0.3) is 0 Å². The number of benzene rings is 1. The van der Waals surface area contributed by atoms with Crippen LogP contribution in [0.2, 0.25) is 18.1 Å². The first-order valence-electron chi connectivity index (χ1n) is 8.37. The fraction of sp³-hybridized carbons (Fsp3) is 0.500. The molecule has 0 aliphatic heterocycles. The molecule has 1 unspecified atom stereocenters. The first-order chi connectivity index (χ1) is 11.5. The van der Waals surface area contributed by atoms with E-state index in [2.05, 4.69) is 20.8 Å². The maximum absolute atomic E-state index is 13.3. The van der Waals surface area contributed by atoms with Crippen LogP contribution in [0.3, 0.4) is 0 Å². The number of hydrogen-bond acceptors (Lipinski definition) is 3. The van der Waals surface area contributed by atoms with Crippen LogP contribution in [0.1, 0.15) is 39.4 Å². The lowest BCUT2D eigenvalue weighted by molar-refractivity contribution is -0.139. The van der Waals surface area contributed by atoms with E-state index >= 15 is 0 Å². The third-order valence-electron chi connectivity index (χ3n) is 4.38. The smallest absolute Gasteiger partial charge is 0.337 e. The monoisotopic (exact) mass is 464 g/mol. The van der Waals surface area contributed by atoms with Crippen LogP contribution in [0.25, 0.3) is 0 Å². The molecule has 0 amide bonds. The van der Waals surface area contributed by atoms with Gasteiger partial charge in [-0.25, -0.2) is 9.18 Å². The lowest BCUT2D eigenvalue weighted by Gasteiger charge is -2.34. The molecule has 1 aromatic carbocycles. The second-order valence-electron chi connectivity index (χ2n) is 5.58. The molecule has 0 fully saturated rings. The van der Waals surface area contributed by atoms with Gasteiger partial charge >= 0.3 is 5.97 Å². The molecule has 0 aromatic heterocycles. The molecular formula is C18H26FIO3Si. The van der Waals surface area contributed by atoms with Gasteiger partial charge in [0.1, 0.15) is 11.9 Å². The van der Waals surface area contributed by atoms with Crippen molar-refractivity contribution in [3.8, 4) is 0 Å². The average Bonchev–Trinajstić information content (AvgIpc) is 2.60. The molecule has 0 bridgehead atoms. The van der Waals surface area contributed by atoms with Crippen molar-refractivity contribution >= 4 is 36.9 Å². The van der Waals surface area contributed by atoms with Crippen molar-refractivity contribution in [3.05, 3.63) is 45.3 Å². The molecule has 6 heteroatoms. The third-order valence-corrected chi connectivity index (χ3v) is 9.66. The molecule has 134 valence electrons. The quantitative estimate of drug-likeness (QED) is 0.202. The van der Waals surface area contributed by atoms with Crippen LogP contribution in [-0.4, -0.2) is 20.9 Å². The van der Waals surface area contributed by atoms with Gasteiger partial charge < -0.3 is 9.16 Å². The van der Waals surface area contributed by atoms with E-state index in [0.717, 1.165) is 23.7 Å². The van der Waals surface area contributed by atoms with Crippen molar-refractivity contribution in [1.29, 1.82) is 0 Å². The van der Waals surface area contributed by atoms with Gasteiger partial charge in [-0.1, -0.05) is 55.5 Å². The molecule has 24 heavy (non-hydrogen) atoms. The Balaban J connectivity index is 3.30. The van der Waals surface area contributed by atoms with E-state index < -0.39 is 14.4 Å². The Morgan fingerprint density at radius 3 is 2.12 bits per heavy atom. The lowest BCUT2D eigenvalue weighted by atomic mass is 10.0. The fourth-order valence-electron chi connectivity index (χ4n) is 2.62. The average molecular weight is 464 g/mol. The van der Waals surface area contributed by atoms with Gasteiger partial charge in [-0.15, -0.1) is 0 Å². The maximum atomic E-state index is 13.3. The van der Waals surface area contributed by atoms with Crippen LogP contribution in [0.15, 0.2) is 33.9 Å². The minimum atomic E-state index is -1.97. The van der Waals surface area contributed by atoms with Crippen LogP contribution in [0, 0.1) is 5.82 Å². The number of carbonyl (C=O) groups excluding carboxylic acids is 1. The zero-order valence-corrected chi connectivity index (χ0v) is 17.9. The number of rotatable bonds is 9. The van der Waals surface area contributed by atoms with Gasteiger partial charge in [0.15, 0.2) is 8.32 Å². The van der Waals surface area contributed by atoms with Crippen LogP contribution < -0.4 is 0 Å². The van der Waals surface area contributed by atoms with Crippen molar-refractivity contribution in [2.75, 3.05) is 6.61 Å². The summed E-state index contributed by atoms with van der Waals surface area (Å²) in [7, 11) is -1.97. The molecule has 3 nitrogen and oxygen atoms in total. The highest BCUT2D eigenvalue weighted by Crippen LogP contribution is 2.35. The van der Waals surface area contributed by atoms with Crippen LogP contribution in [0.4, 0.5) is 4.39 Å². The second kappa shape index (κ2) is 10.3. The van der Waals surface area contributed by atoms with Crippen molar-refractivity contribution in [2.45, 2.75) is 51.9 Å². The largest absolute Gasteiger partial charge is 0.463 e. The number of halogens is 2. The van der Waals surface area contributed by atoms with Crippen molar-refractivity contribution in [1.82, 2.24) is 0 Å². The Morgan fingerprint density at radius 2 is 1.71 bits per heavy atom.